The number of hydrogen-bond donors (Lipinski definition) is 1. The molecule has 1 N–H and O–H groups in total. The molecule has 34 heavy (non-hydrogen) atoms. The molecule has 0 fully saturated rings. The fourth-order valence-electron chi connectivity index (χ4n) is 3.48. The van der Waals surface area contributed by atoms with Crippen molar-refractivity contribution in [2.75, 3.05) is 52.3 Å². The Morgan fingerprint density at radius 1 is 1.06 bits per heavy atom. The van der Waals surface area contributed by atoms with Crippen molar-refractivity contribution in [3.63, 3.8) is 0 Å². The second kappa shape index (κ2) is 10.4. The third-order valence-corrected chi connectivity index (χ3v) is 6.81. The smallest absolute Gasteiger partial charge is 0.233 e. The molecule has 1 aliphatic rings. The molecule has 1 aromatic heterocycles. The number of anilines is 1. The van der Waals surface area contributed by atoms with Crippen molar-refractivity contribution < 1.29 is 27.0 Å². The summed E-state index contributed by atoms with van der Waals surface area (Å²) in [6, 6.07) is 11.7. The average molecular weight is 488 g/mol. The van der Waals surface area contributed by atoms with Gasteiger partial charge in [0.05, 0.1) is 11.5 Å². The van der Waals surface area contributed by atoms with Gasteiger partial charge in [0.15, 0.2) is 11.5 Å². The zero-order valence-electron chi connectivity index (χ0n) is 19.5. The van der Waals surface area contributed by atoms with Crippen LogP contribution in [0.5, 0.6) is 17.2 Å². The summed E-state index contributed by atoms with van der Waals surface area (Å²) in [4.78, 5) is 6.50. The Labute approximate surface area is 199 Å². The highest BCUT2D eigenvalue weighted by molar-refractivity contribution is 7.91. The first-order valence-corrected chi connectivity index (χ1v) is 12.6. The molecule has 0 radical (unpaired) electrons. The van der Waals surface area contributed by atoms with E-state index in [0.717, 1.165) is 13.0 Å². The zero-order chi connectivity index (χ0) is 24.1. The van der Waals surface area contributed by atoms with E-state index in [1.54, 1.807) is 30.3 Å². The van der Waals surface area contributed by atoms with E-state index in [1.165, 1.54) is 12.1 Å². The molecule has 3 aromatic rings. The van der Waals surface area contributed by atoms with Gasteiger partial charge in [0.1, 0.15) is 19.0 Å². The summed E-state index contributed by atoms with van der Waals surface area (Å²) in [6.45, 7) is 4.62. The van der Waals surface area contributed by atoms with Crippen molar-refractivity contribution in [2.45, 2.75) is 23.3 Å². The lowest BCUT2D eigenvalue weighted by atomic mass is 10.2. The molecular formula is C24H29N3O6S. The van der Waals surface area contributed by atoms with Crippen LogP contribution < -0.4 is 19.5 Å². The van der Waals surface area contributed by atoms with E-state index in [9.17, 15) is 8.42 Å². The maximum absolute atomic E-state index is 13.6. The van der Waals surface area contributed by atoms with Crippen molar-refractivity contribution in [3.8, 4) is 28.7 Å². The number of ether oxygens (including phenoxy) is 3. The van der Waals surface area contributed by atoms with Gasteiger partial charge in [-0.1, -0.05) is 0 Å². The van der Waals surface area contributed by atoms with Crippen molar-refractivity contribution in [3.05, 3.63) is 42.5 Å². The third kappa shape index (κ3) is 5.28. The number of benzene rings is 2. The summed E-state index contributed by atoms with van der Waals surface area (Å²) < 4.78 is 49.6. The Bertz CT molecular complexity index is 1220. The van der Waals surface area contributed by atoms with Crippen molar-refractivity contribution in [1.82, 2.24) is 9.88 Å². The Morgan fingerprint density at radius 2 is 1.79 bits per heavy atom. The molecule has 182 valence electrons. The normalized spacial score (nSPS) is 13.2. The lowest BCUT2D eigenvalue weighted by Gasteiger charge is -2.18. The van der Waals surface area contributed by atoms with E-state index in [-0.39, 0.29) is 21.7 Å². The van der Waals surface area contributed by atoms with Gasteiger partial charge in [-0.3, -0.25) is 0 Å². The van der Waals surface area contributed by atoms with E-state index in [4.69, 9.17) is 18.6 Å². The molecule has 0 bridgehead atoms. The number of hydrogen-bond acceptors (Lipinski definition) is 9. The molecule has 2 heterocycles. The summed E-state index contributed by atoms with van der Waals surface area (Å²) in [6.07, 6.45) is 0.801. The Kier molecular flexibility index (Phi) is 7.28. The Morgan fingerprint density at radius 3 is 2.50 bits per heavy atom. The highest BCUT2D eigenvalue weighted by Crippen LogP contribution is 2.37. The summed E-state index contributed by atoms with van der Waals surface area (Å²) in [5.41, 5.74) is 0.642. The summed E-state index contributed by atoms with van der Waals surface area (Å²) in [5.74, 6) is 1.93. The number of nitrogens with one attached hydrogen (secondary N) is 1. The monoisotopic (exact) mass is 487 g/mol. The number of nitrogens with zero attached hydrogens (tertiary/aromatic N) is 2. The number of rotatable bonds is 10. The predicted molar refractivity (Wildman–Crippen MR) is 128 cm³/mol. The first-order valence-electron chi connectivity index (χ1n) is 11.2. The molecule has 0 saturated carbocycles. The Hall–Kier alpha value is -3.24. The van der Waals surface area contributed by atoms with Crippen molar-refractivity contribution in [2.24, 2.45) is 0 Å². The molecule has 4 rings (SSSR count). The zero-order valence-corrected chi connectivity index (χ0v) is 20.4. The van der Waals surface area contributed by atoms with E-state index >= 15 is 0 Å². The van der Waals surface area contributed by atoms with Crippen molar-refractivity contribution in [1.29, 1.82) is 0 Å². The maximum atomic E-state index is 13.6. The predicted octanol–water partition coefficient (Wildman–Crippen LogP) is 3.71. The molecule has 1 aliphatic heterocycles. The number of oxazole rings is 1. The quantitative estimate of drug-likeness (QED) is 0.429. The average Bonchev–Trinajstić information content (AvgIpc) is 3.27. The molecule has 2 aromatic carbocycles. The molecule has 0 unspecified atom stereocenters. The van der Waals surface area contributed by atoms with Crippen LogP contribution in [0.3, 0.4) is 0 Å². The summed E-state index contributed by atoms with van der Waals surface area (Å²) >= 11 is 0. The largest absolute Gasteiger partial charge is 0.494 e. The standard InChI is InChI=1S/C24H29N3O6S/c1-4-30-18-8-6-17(7-9-18)22-26-24(23(33-22)25-12-5-13-27(2)3)34(28,29)19-10-11-20-21(16-19)32-15-14-31-20/h6-11,16,25H,4-5,12-15H2,1-3H3. The van der Waals surface area contributed by atoms with Crippen molar-refractivity contribution >= 4 is 15.7 Å². The second-order valence-corrected chi connectivity index (χ2v) is 9.87. The van der Waals surface area contributed by atoms with Gasteiger partial charge in [-0.2, -0.15) is 4.98 Å². The molecule has 0 spiro atoms. The first-order chi connectivity index (χ1) is 16.4. The van der Waals surface area contributed by atoms with Crippen LogP contribution in [0.2, 0.25) is 0 Å². The van der Waals surface area contributed by atoms with Gasteiger partial charge in [-0.25, -0.2) is 8.42 Å². The minimum absolute atomic E-state index is 0.0552. The number of sulfone groups is 1. The van der Waals surface area contributed by atoms with Crippen LogP contribution in [0.15, 0.2) is 56.8 Å². The third-order valence-electron chi connectivity index (χ3n) is 5.15. The lowest BCUT2D eigenvalue weighted by Crippen LogP contribution is -2.17. The fourth-order valence-corrected chi connectivity index (χ4v) is 4.78. The van der Waals surface area contributed by atoms with Gasteiger partial charge < -0.3 is 28.8 Å². The molecule has 9 nitrogen and oxygen atoms in total. The SMILES string of the molecule is CCOc1ccc(-c2nc(S(=O)(=O)c3ccc4c(c3)OCCO4)c(NCCCN(C)C)o2)cc1. The van der Waals surface area contributed by atoms with E-state index in [0.29, 0.717) is 49.2 Å². The van der Waals surface area contributed by atoms with Gasteiger partial charge in [-0.15, -0.1) is 0 Å². The van der Waals surface area contributed by atoms with Gasteiger partial charge in [0.25, 0.3) is 0 Å². The second-order valence-electron chi connectivity index (χ2n) is 8.00. The number of aromatic nitrogens is 1. The first kappa shape index (κ1) is 23.9. The van der Waals surface area contributed by atoms with Gasteiger partial charge in [0.2, 0.25) is 26.6 Å². The van der Waals surface area contributed by atoms with Gasteiger partial charge in [-0.05, 0) is 70.4 Å². The molecular weight excluding hydrogens is 458 g/mol. The van der Waals surface area contributed by atoms with Crippen LogP contribution in [-0.4, -0.2) is 65.3 Å². The summed E-state index contributed by atoms with van der Waals surface area (Å²) in [5, 5.41) is 2.94. The molecule has 0 amide bonds. The van der Waals surface area contributed by atoms with Crippen LogP contribution in [0.1, 0.15) is 13.3 Å². The molecule has 0 saturated heterocycles. The minimum Gasteiger partial charge on any atom is -0.494 e. The van der Waals surface area contributed by atoms with Crippen LogP contribution in [-0.2, 0) is 9.84 Å². The van der Waals surface area contributed by atoms with E-state index < -0.39 is 9.84 Å². The Balaban J connectivity index is 1.68. The van der Waals surface area contributed by atoms with Crippen LogP contribution in [0.25, 0.3) is 11.5 Å². The van der Waals surface area contributed by atoms with Crippen LogP contribution in [0, 0.1) is 0 Å². The van der Waals surface area contributed by atoms with Gasteiger partial charge >= 0.3 is 0 Å². The van der Waals surface area contributed by atoms with E-state index in [2.05, 4.69) is 15.2 Å². The van der Waals surface area contributed by atoms with Crippen LogP contribution in [0.4, 0.5) is 5.88 Å². The number of fused-ring (bicyclic) bond motifs is 1. The fraction of sp³-hybridized carbons (Fsp3) is 0.375. The molecule has 0 atom stereocenters. The van der Waals surface area contributed by atoms with Gasteiger partial charge in [0, 0.05) is 18.2 Å². The van der Waals surface area contributed by atoms with Crippen LogP contribution >= 0.6 is 0 Å². The molecule has 0 aliphatic carbocycles. The maximum Gasteiger partial charge on any atom is 0.233 e. The lowest BCUT2D eigenvalue weighted by molar-refractivity contribution is 0.171. The highest BCUT2D eigenvalue weighted by atomic mass is 32.2. The topological polar surface area (TPSA) is 103 Å². The summed E-state index contributed by atoms with van der Waals surface area (Å²) in [7, 11) is -0.0338. The highest BCUT2D eigenvalue weighted by Gasteiger charge is 2.30. The minimum atomic E-state index is -4.00. The van der Waals surface area contributed by atoms with E-state index in [1.807, 2.05) is 21.0 Å². The molecule has 10 heteroatoms.